The molecule has 2 N–H and O–H groups in total. The van der Waals surface area contributed by atoms with Gasteiger partial charge >= 0.3 is 0 Å². The second-order valence-corrected chi connectivity index (χ2v) is 5.77. The van der Waals surface area contributed by atoms with Gasteiger partial charge in [-0.15, -0.1) is 0 Å². The molecule has 78 valence electrons. The molecule has 1 rings (SSSR count). The molecule has 13 heavy (non-hydrogen) atoms. The van der Waals surface area contributed by atoms with Gasteiger partial charge in [-0.2, -0.15) is 11.8 Å². The molecule has 1 aliphatic heterocycles. The number of rotatable bonds is 3. The molecule has 0 spiro atoms. The molecule has 1 heterocycles. The first-order chi connectivity index (χ1) is 6.06. The Morgan fingerprint density at radius 3 is 2.85 bits per heavy atom. The standard InChI is InChI=1S/C10H21NOS/c1-8(6-12)11-9-7-13-5-4-10(9,2)3/h8-9,11-12H,4-7H2,1-3H3. The van der Waals surface area contributed by atoms with Crippen LogP contribution in [0.5, 0.6) is 0 Å². The maximum atomic E-state index is 8.97. The minimum atomic E-state index is 0.225. The van der Waals surface area contributed by atoms with Gasteiger partial charge in [-0.1, -0.05) is 13.8 Å². The second-order valence-electron chi connectivity index (χ2n) is 4.62. The fourth-order valence-electron chi connectivity index (χ4n) is 1.61. The van der Waals surface area contributed by atoms with Gasteiger partial charge in [0.1, 0.15) is 0 Å². The molecule has 0 aromatic carbocycles. The van der Waals surface area contributed by atoms with E-state index in [-0.39, 0.29) is 12.6 Å². The zero-order chi connectivity index (χ0) is 9.90. The van der Waals surface area contributed by atoms with Crippen molar-refractivity contribution in [1.29, 1.82) is 0 Å². The number of aliphatic hydroxyl groups excluding tert-OH is 1. The number of hydrogen-bond acceptors (Lipinski definition) is 3. The molecule has 2 nitrogen and oxygen atoms in total. The van der Waals surface area contributed by atoms with Gasteiger partial charge < -0.3 is 10.4 Å². The first-order valence-corrected chi connectivity index (χ1v) is 6.16. The summed E-state index contributed by atoms with van der Waals surface area (Å²) in [5.74, 6) is 2.45. The summed E-state index contributed by atoms with van der Waals surface area (Å²) in [4.78, 5) is 0. The highest BCUT2D eigenvalue weighted by molar-refractivity contribution is 7.99. The molecule has 0 aromatic rings. The maximum Gasteiger partial charge on any atom is 0.0582 e. The van der Waals surface area contributed by atoms with Crippen molar-refractivity contribution >= 4 is 11.8 Å². The molecule has 0 saturated carbocycles. The van der Waals surface area contributed by atoms with Crippen LogP contribution in [0.15, 0.2) is 0 Å². The van der Waals surface area contributed by atoms with Crippen LogP contribution in [-0.4, -0.2) is 35.3 Å². The molecular weight excluding hydrogens is 182 g/mol. The quantitative estimate of drug-likeness (QED) is 0.729. The van der Waals surface area contributed by atoms with Crippen molar-refractivity contribution in [2.75, 3.05) is 18.1 Å². The Balaban J connectivity index is 2.46. The van der Waals surface area contributed by atoms with E-state index in [4.69, 9.17) is 5.11 Å². The minimum absolute atomic E-state index is 0.225. The van der Waals surface area contributed by atoms with Crippen molar-refractivity contribution in [2.45, 2.75) is 39.3 Å². The van der Waals surface area contributed by atoms with E-state index in [0.29, 0.717) is 11.5 Å². The lowest BCUT2D eigenvalue weighted by atomic mass is 9.82. The smallest absolute Gasteiger partial charge is 0.0582 e. The number of aliphatic hydroxyl groups is 1. The predicted molar refractivity (Wildman–Crippen MR) is 59.2 cm³/mol. The first kappa shape index (κ1) is 11.3. The van der Waals surface area contributed by atoms with Crippen LogP contribution < -0.4 is 5.32 Å². The Labute approximate surface area is 85.5 Å². The highest BCUT2D eigenvalue weighted by atomic mass is 32.2. The molecule has 1 fully saturated rings. The van der Waals surface area contributed by atoms with Crippen molar-refractivity contribution in [2.24, 2.45) is 5.41 Å². The SMILES string of the molecule is CC(CO)NC1CSCCC1(C)C. The van der Waals surface area contributed by atoms with E-state index in [1.54, 1.807) is 0 Å². The Hall–Kier alpha value is 0.270. The van der Waals surface area contributed by atoms with Crippen LogP contribution in [0.3, 0.4) is 0 Å². The highest BCUT2D eigenvalue weighted by Crippen LogP contribution is 2.34. The van der Waals surface area contributed by atoms with Crippen molar-refractivity contribution in [3.05, 3.63) is 0 Å². The molecule has 0 amide bonds. The van der Waals surface area contributed by atoms with Crippen LogP contribution in [0.25, 0.3) is 0 Å². The van der Waals surface area contributed by atoms with Crippen LogP contribution in [0.1, 0.15) is 27.2 Å². The normalized spacial score (nSPS) is 30.0. The molecular formula is C10H21NOS. The summed E-state index contributed by atoms with van der Waals surface area (Å²) in [6.07, 6.45) is 1.27. The van der Waals surface area contributed by atoms with Gasteiger partial charge in [0.25, 0.3) is 0 Å². The summed E-state index contributed by atoms with van der Waals surface area (Å²) in [5, 5.41) is 12.5. The Bertz CT molecular complexity index is 161. The largest absolute Gasteiger partial charge is 0.395 e. The summed E-state index contributed by atoms with van der Waals surface area (Å²) in [6, 6.07) is 0.774. The monoisotopic (exact) mass is 203 g/mol. The van der Waals surface area contributed by atoms with E-state index >= 15 is 0 Å². The minimum Gasteiger partial charge on any atom is -0.395 e. The Morgan fingerprint density at radius 2 is 2.31 bits per heavy atom. The molecule has 0 radical (unpaired) electrons. The molecule has 0 bridgehead atoms. The van der Waals surface area contributed by atoms with Crippen molar-refractivity contribution < 1.29 is 5.11 Å². The molecule has 2 unspecified atom stereocenters. The molecule has 2 atom stereocenters. The second kappa shape index (κ2) is 4.67. The number of nitrogens with one attached hydrogen (secondary N) is 1. The Morgan fingerprint density at radius 1 is 1.62 bits per heavy atom. The van der Waals surface area contributed by atoms with Gasteiger partial charge in [-0.3, -0.25) is 0 Å². The van der Waals surface area contributed by atoms with E-state index in [1.807, 2.05) is 18.7 Å². The van der Waals surface area contributed by atoms with E-state index in [0.717, 1.165) is 0 Å². The van der Waals surface area contributed by atoms with E-state index in [2.05, 4.69) is 19.2 Å². The third-order valence-electron chi connectivity index (χ3n) is 2.88. The van der Waals surface area contributed by atoms with Crippen molar-refractivity contribution in [1.82, 2.24) is 5.32 Å². The average molecular weight is 203 g/mol. The third kappa shape index (κ3) is 3.15. The van der Waals surface area contributed by atoms with Gasteiger partial charge in [0.05, 0.1) is 6.61 Å². The van der Waals surface area contributed by atoms with Crippen LogP contribution in [0.2, 0.25) is 0 Å². The number of thioether (sulfide) groups is 1. The van der Waals surface area contributed by atoms with Crippen LogP contribution in [0.4, 0.5) is 0 Å². The average Bonchev–Trinajstić information content (AvgIpc) is 2.08. The summed E-state index contributed by atoms with van der Waals surface area (Å²) in [5.41, 5.74) is 0.384. The van der Waals surface area contributed by atoms with Gasteiger partial charge in [-0.25, -0.2) is 0 Å². The van der Waals surface area contributed by atoms with Gasteiger partial charge in [0.15, 0.2) is 0 Å². The fourth-order valence-corrected chi connectivity index (χ4v) is 3.23. The third-order valence-corrected chi connectivity index (χ3v) is 3.94. The molecule has 1 aliphatic rings. The van der Waals surface area contributed by atoms with E-state index in [9.17, 15) is 0 Å². The topological polar surface area (TPSA) is 32.3 Å². The maximum absolute atomic E-state index is 8.97. The summed E-state index contributed by atoms with van der Waals surface area (Å²) in [7, 11) is 0. The first-order valence-electron chi connectivity index (χ1n) is 5.01. The lowest BCUT2D eigenvalue weighted by molar-refractivity contribution is 0.190. The Kier molecular flexibility index (Phi) is 4.07. The van der Waals surface area contributed by atoms with Crippen LogP contribution in [-0.2, 0) is 0 Å². The van der Waals surface area contributed by atoms with Gasteiger partial charge in [0, 0.05) is 17.8 Å². The lowest BCUT2D eigenvalue weighted by Crippen LogP contribution is -2.50. The summed E-state index contributed by atoms with van der Waals surface area (Å²) in [6.45, 7) is 6.90. The van der Waals surface area contributed by atoms with E-state index < -0.39 is 0 Å². The summed E-state index contributed by atoms with van der Waals surface area (Å²) < 4.78 is 0. The fraction of sp³-hybridized carbons (Fsp3) is 1.00. The lowest BCUT2D eigenvalue weighted by Gasteiger charge is -2.40. The van der Waals surface area contributed by atoms with Crippen LogP contribution >= 0.6 is 11.8 Å². The molecule has 3 heteroatoms. The van der Waals surface area contributed by atoms with Crippen LogP contribution in [0, 0.1) is 5.41 Å². The highest BCUT2D eigenvalue weighted by Gasteiger charge is 2.32. The molecule has 0 aromatic heterocycles. The van der Waals surface area contributed by atoms with E-state index in [1.165, 1.54) is 17.9 Å². The molecule has 1 saturated heterocycles. The summed E-state index contributed by atoms with van der Waals surface area (Å²) >= 11 is 2.01. The molecule has 0 aliphatic carbocycles. The van der Waals surface area contributed by atoms with Gasteiger partial charge in [-0.05, 0) is 24.5 Å². The number of hydrogen-bond donors (Lipinski definition) is 2. The zero-order valence-electron chi connectivity index (χ0n) is 8.84. The predicted octanol–water partition coefficient (Wildman–Crippen LogP) is 1.49. The van der Waals surface area contributed by atoms with Crippen molar-refractivity contribution in [3.63, 3.8) is 0 Å². The van der Waals surface area contributed by atoms with Gasteiger partial charge in [0.2, 0.25) is 0 Å². The zero-order valence-corrected chi connectivity index (χ0v) is 9.66. The van der Waals surface area contributed by atoms with Crippen molar-refractivity contribution in [3.8, 4) is 0 Å².